The van der Waals surface area contributed by atoms with E-state index in [0.29, 0.717) is 16.4 Å². The number of nitrogens with one attached hydrogen (secondary N) is 2. The number of hydrogen-bond acceptors (Lipinski definition) is 3. The van der Waals surface area contributed by atoms with Gasteiger partial charge in [-0.3, -0.25) is 4.79 Å². The van der Waals surface area contributed by atoms with Crippen molar-refractivity contribution in [2.75, 3.05) is 17.2 Å². The van der Waals surface area contributed by atoms with Crippen molar-refractivity contribution in [2.45, 2.75) is 6.42 Å². The highest BCUT2D eigenvalue weighted by atomic mass is 35.5. The Labute approximate surface area is 162 Å². The summed E-state index contributed by atoms with van der Waals surface area (Å²) in [7, 11) is 0. The Kier molecular flexibility index (Phi) is 6.10. The number of amides is 1. The van der Waals surface area contributed by atoms with Crippen LogP contribution < -0.4 is 10.6 Å². The van der Waals surface area contributed by atoms with Crippen LogP contribution in [0.2, 0.25) is 10.0 Å². The van der Waals surface area contributed by atoms with Gasteiger partial charge in [-0.05, 0) is 54.4 Å². The molecule has 2 aromatic carbocycles. The molecule has 0 saturated carbocycles. The first-order valence-electron chi connectivity index (χ1n) is 8.11. The van der Waals surface area contributed by atoms with Crippen LogP contribution in [0.4, 0.5) is 11.4 Å². The highest BCUT2D eigenvalue weighted by Gasteiger charge is 2.08. The first-order valence-corrected chi connectivity index (χ1v) is 8.87. The molecule has 26 heavy (non-hydrogen) atoms. The molecule has 0 aliphatic carbocycles. The van der Waals surface area contributed by atoms with Crippen LogP contribution in [0.25, 0.3) is 0 Å². The van der Waals surface area contributed by atoms with E-state index in [-0.39, 0.29) is 5.91 Å². The lowest BCUT2D eigenvalue weighted by Gasteiger charge is -2.08. The molecular weight excluding hydrogens is 369 g/mol. The number of halogens is 2. The first kappa shape index (κ1) is 18.2. The summed E-state index contributed by atoms with van der Waals surface area (Å²) in [6.07, 6.45) is 2.52. The summed E-state index contributed by atoms with van der Waals surface area (Å²) in [5.41, 5.74) is 3.04. The minimum atomic E-state index is -0.278. The number of aromatic nitrogens is 1. The zero-order valence-corrected chi connectivity index (χ0v) is 15.4. The van der Waals surface area contributed by atoms with Crippen molar-refractivity contribution >= 4 is 40.5 Å². The van der Waals surface area contributed by atoms with E-state index in [1.807, 2.05) is 30.3 Å². The zero-order chi connectivity index (χ0) is 18.4. The van der Waals surface area contributed by atoms with Gasteiger partial charge in [-0.2, -0.15) is 0 Å². The standard InChI is InChI=1S/C20H17Cl2N3O/c21-15-6-4-14(5-7-15)10-11-23-18-8-9-19(24-13-18)20(26)25-17-3-1-2-16(22)12-17/h1-9,12-13,23H,10-11H2,(H,25,26). The van der Waals surface area contributed by atoms with Crippen molar-refractivity contribution in [3.63, 3.8) is 0 Å². The molecule has 1 aromatic heterocycles. The number of nitrogens with zero attached hydrogens (tertiary/aromatic N) is 1. The third-order valence-corrected chi connectivity index (χ3v) is 4.22. The van der Waals surface area contributed by atoms with Crippen molar-refractivity contribution in [2.24, 2.45) is 0 Å². The average molecular weight is 386 g/mol. The second-order valence-electron chi connectivity index (χ2n) is 5.70. The van der Waals surface area contributed by atoms with Crippen LogP contribution in [0.3, 0.4) is 0 Å². The van der Waals surface area contributed by atoms with Gasteiger partial charge in [-0.25, -0.2) is 4.98 Å². The fraction of sp³-hybridized carbons (Fsp3) is 0.100. The molecule has 0 atom stereocenters. The van der Waals surface area contributed by atoms with Gasteiger partial charge in [0.1, 0.15) is 5.69 Å². The van der Waals surface area contributed by atoms with Gasteiger partial charge in [0, 0.05) is 22.3 Å². The highest BCUT2D eigenvalue weighted by Crippen LogP contribution is 2.16. The van der Waals surface area contributed by atoms with Gasteiger partial charge < -0.3 is 10.6 Å². The summed E-state index contributed by atoms with van der Waals surface area (Å²) in [4.78, 5) is 16.4. The fourth-order valence-corrected chi connectivity index (χ4v) is 2.71. The summed E-state index contributed by atoms with van der Waals surface area (Å²) < 4.78 is 0. The van der Waals surface area contributed by atoms with Crippen LogP contribution in [0.1, 0.15) is 16.1 Å². The Morgan fingerprint density at radius 3 is 2.42 bits per heavy atom. The molecule has 4 nitrogen and oxygen atoms in total. The molecule has 3 rings (SSSR count). The summed E-state index contributed by atoms with van der Waals surface area (Å²) in [5.74, 6) is -0.278. The van der Waals surface area contributed by atoms with Crippen LogP contribution in [0.5, 0.6) is 0 Å². The summed E-state index contributed by atoms with van der Waals surface area (Å²) in [5, 5.41) is 7.36. The SMILES string of the molecule is O=C(Nc1cccc(Cl)c1)c1ccc(NCCc2ccc(Cl)cc2)cn1. The molecule has 0 fully saturated rings. The van der Waals surface area contributed by atoms with E-state index >= 15 is 0 Å². The molecule has 0 bridgehead atoms. The molecule has 0 spiro atoms. The largest absolute Gasteiger partial charge is 0.383 e. The van der Waals surface area contributed by atoms with Gasteiger partial charge in [0.15, 0.2) is 0 Å². The Morgan fingerprint density at radius 1 is 0.923 bits per heavy atom. The van der Waals surface area contributed by atoms with Crippen LogP contribution in [-0.4, -0.2) is 17.4 Å². The molecule has 0 aliphatic heterocycles. The number of hydrogen-bond donors (Lipinski definition) is 2. The van der Waals surface area contributed by atoms with Gasteiger partial charge in [0.2, 0.25) is 0 Å². The van der Waals surface area contributed by atoms with E-state index in [1.54, 1.807) is 36.5 Å². The molecule has 0 unspecified atom stereocenters. The van der Waals surface area contributed by atoms with Gasteiger partial charge in [0.25, 0.3) is 5.91 Å². The average Bonchev–Trinajstić information content (AvgIpc) is 2.64. The smallest absolute Gasteiger partial charge is 0.274 e. The van der Waals surface area contributed by atoms with Gasteiger partial charge >= 0.3 is 0 Å². The molecule has 1 amide bonds. The lowest BCUT2D eigenvalue weighted by molar-refractivity contribution is 0.102. The van der Waals surface area contributed by atoms with Crippen LogP contribution in [0, 0.1) is 0 Å². The van der Waals surface area contributed by atoms with Crippen molar-refractivity contribution < 1.29 is 4.79 Å². The third-order valence-electron chi connectivity index (χ3n) is 3.73. The number of rotatable bonds is 6. The topological polar surface area (TPSA) is 54.0 Å². The lowest BCUT2D eigenvalue weighted by Crippen LogP contribution is -2.14. The van der Waals surface area contributed by atoms with Crippen LogP contribution >= 0.6 is 23.2 Å². The zero-order valence-electron chi connectivity index (χ0n) is 13.9. The van der Waals surface area contributed by atoms with Gasteiger partial charge in [-0.15, -0.1) is 0 Å². The predicted molar refractivity (Wildman–Crippen MR) is 107 cm³/mol. The van der Waals surface area contributed by atoms with E-state index in [4.69, 9.17) is 23.2 Å². The number of anilines is 2. The Balaban J connectivity index is 1.52. The minimum Gasteiger partial charge on any atom is -0.383 e. The lowest BCUT2D eigenvalue weighted by atomic mass is 10.1. The number of carbonyl (C=O) groups excluding carboxylic acids is 1. The number of pyridine rings is 1. The monoisotopic (exact) mass is 385 g/mol. The molecule has 0 saturated heterocycles. The van der Waals surface area contributed by atoms with E-state index < -0.39 is 0 Å². The molecule has 2 N–H and O–H groups in total. The maximum Gasteiger partial charge on any atom is 0.274 e. The molecule has 132 valence electrons. The number of benzene rings is 2. The van der Waals surface area contributed by atoms with E-state index in [0.717, 1.165) is 23.7 Å². The second kappa shape index (κ2) is 8.70. The fourth-order valence-electron chi connectivity index (χ4n) is 2.40. The molecule has 6 heteroatoms. The highest BCUT2D eigenvalue weighted by molar-refractivity contribution is 6.31. The maximum atomic E-state index is 12.2. The molecular formula is C20H17Cl2N3O. The molecule has 0 aliphatic rings. The Bertz CT molecular complexity index is 880. The number of carbonyl (C=O) groups is 1. The van der Waals surface area contributed by atoms with E-state index in [2.05, 4.69) is 15.6 Å². The quantitative estimate of drug-likeness (QED) is 0.605. The summed E-state index contributed by atoms with van der Waals surface area (Å²) in [6.45, 7) is 0.761. The van der Waals surface area contributed by atoms with Crippen molar-refractivity contribution in [1.82, 2.24) is 4.98 Å². The maximum absolute atomic E-state index is 12.2. The molecule has 0 radical (unpaired) electrons. The Morgan fingerprint density at radius 2 is 1.73 bits per heavy atom. The summed E-state index contributed by atoms with van der Waals surface area (Å²) >= 11 is 11.8. The van der Waals surface area contributed by atoms with Crippen molar-refractivity contribution in [3.05, 3.63) is 88.2 Å². The third kappa shape index (κ3) is 5.22. The predicted octanol–water partition coefficient (Wildman–Crippen LogP) is 5.30. The van der Waals surface area contributed by atoms with Gasteiger partial charge in [-0.1, -0.05) is 41.4 Å². The van der Waals surface area contributed by atoms with Gasteiger partial charge in [0.05, 0.1) is 11.9 Å². The normalized spacial score (nSPS) is 10.4. The van der Waals surface area contributed by atoms with E-state index in [1.165, 1.54) is 5.56 Å². The summed E-state index contributed by atoms with van der Waals surface area (Å²) in [6, 6.07) is 18.3. The van der Waals surface area contributed by atoms with Crippen LogP contribution in [0.15, 0.2) is 66.9 Å². The Hall–Kier alpha value is -2.56. The van der Waals surface area contributed by atoms with Crippen molar-refractivity contribution in [3.8, 4) is 0 Å². The van der Waals surface area contributed by atoms with Crippen molar-refractivity contribution in [1.29, 1.82) is 0 Å². The molecule has 1 heterocycles. The van der Waals surface area contributed by atoms with E-state index in [9.17, 15) is 4.79 Å². The second-order valence-corrected chi connectivity index (χ2v) is 6.57. The minimum absolute atomic E-state index is 0.278. The molecule has 3 aromatic rings. The van der Waals surface area contributed by atoms with Crippen LogP contribution in [-0.2, 0) is 6.42 Å². The first-order chi connectivity index (χ1) is 12.6.